The lowest BCUT2D eigenvalue weighted by Crippen LogP contribution is -2.14. The smallest absolute Gasteiger partial charge is 0.222 e. The van der Waals surface area contributed by atoms with Crippen LogP contribution in [0.4, 0.5) is 0 Å². The predicted molar refractivity (Wildman–Crippen MR) is 77.4 cm³/mol. The molecule has 0 aromatic rings. The SMILES string of the molecule is CCCCCCCCCC#CC(OCC)OCC. The number of ether oxygens (including phenoxy) is 2. The van der Waals surface area contributed by atoms with Crippen LogP contribution in [0.15, 0.2) is 0 Å². The highest BCUT2D eigenvalue weighted by Crippen LogP contribution is 2.07. The molecule has 0 heterocycles. The minimum Gasteiger partial charge on any atom is -0.342 e. The van der Waals surface area contributed by atoms with Gasteiger partial charge in [0.15, 0.2) is 0 Å². The van der Waals surface area contributed by atoms with E-state index < -0.39 is 0 Å². The molecule has 0 unspecified atom stereocenters. The van der Waals surface area contributed by atoms with Crippen LogP contribution in [0.5, 0.6) is 0 Å². The van der Waals surface area contributed by atoms with E-state index in [1.807, 2.05) is 13.8 Å². The van der Waals surface area contributed by atoms with Crippen molar-refractivity contribution in [3.8, 4) is 11.8 Å². The highest BCUT2D eigenvalue weighted by atomic mass is 16.7. The summed E-state index contributed by atoms with van der Waals surface area (Å²) in [5, 5.41) is 0. The third kappa shape index (κ3) is 12.0. The normalized spacial score (nSPS) is 10.4. The average molecular weight is 254 g/mol. The molecule has 0 amide bonds. The van der Waals surface area contributed by atoms with Gasteiger partial charge in [-0.1, -0.05) is 51.4 Å². The zero-order valence-corrected chi connectivity index (χ0v) is 12.5. The van der Waals surface area contributed by atoms with Gasteiger partial charge in [0.25, 0.3) is 0 Å². The average Bonchev–Trinajstić information content (AvgIpc) is 2.37. The number of hydrogen-bond acceptors (Lipinski definition) is 2. The van der Waals surface area contributed by atoms with Gasteiger partial charge >= 0.3 is 0 Å². The zero-order valence-electron chi connectivity index (χ0n) is 12.5. The topological polar surface area (TPSA) is 18.5 Å². The Morgan fingerprint density at radius 1 is 0.778 bits per heavy atom. The van der Waals surface area contributed by atoms with E-state index in [4.69, 9.17) is 9.47 Å². The van der Waals surface area contributed by atoms with Crippen LogP contribution in [0.1, 0.15) is 72.1 Å². The van der Waals surface area contributed by atoms with Crippen LogP contribution >= 0.6 is 0 Å². The molecule has 0 saturated heterocycles. The molecule has 106 valence electrons. The van der Waals surface area contributed by atoms with E-state index >= 15 is 0 Å². The van der Waals surface area contributed by atoms with E-state index in [0.717, 1.165) is 6.42 Å². The number of hydrogen-bond donors (Lipinski definition) is 0. The Bertz CT molecular complexity index is 209. The molecule has 0 aliphatic carbocycles. The molecule has 0 spiro atoms. The third-order valence-electron chi connectivity index (χ3n) is 2.76. The quantitative estimate of drug-likeness (QED) is 0.306. The van der Waals surface area contributed by atoms with Gasteiger partial charge in [-0.25, -0.2) is 0 Å². The zero-order chi connectivity index (χ0) is 13.5. The molecule has 0 bridgehead atoms. The van der Waals surface area contributed by atoms with Gasteiger partial charge in [0.05, 0.1) is 0 Å². The molecular formula is C16H30O2. The van der Waals surface area contributed by atoms with Gasteiger partial charge in [0, 0.05) is 19.6 Å². The molecule has 0 aliphatic rings. The molecule has 0 aliphatic heterocycles. The van der Waals surface area contributed by atoms with Gasteiger partial charge in [0.2, 0.25) is 6.29 Å². The van der Waals surface area contributed by atoms with Gasteiger partial charge in [0.1, 0.15) is 0 Å². The number of rotatable bonds is 11. The van der Waals surface area contributed by atoms with Gasteiger partial charge in [-0.15, -0.1) is 0 Å². The summed E-state index contributed by atoms with van der Waals surface area (Å²) in [6.07, 6.45) is 9.94. The van der Waals surface area contributed by atoms with Crippen molar-refractivity contribution in [1.82, 2.24) is 0 Å². The minimum atomic E-state index is -0.329. The van der Waals surface area contributed by atoms with Crippen LogP contribution in [-0.2, 0) is 9.47 Å². The van der Waals surface area contributed by atoms with Crippen LogP contribution in [0.2, 0.25) is 0 Å². The van der Waals surface area contributed by atoms with Crippen molar-refractivity contribution in [2.75, 3.05) is 13.2 Å². The summed E-state index contributed by atoms with van der Waals surface area (Å²) in [4.78, 5) is 0. The molecule has 0 fully saturated rings. The Hall–Kier alpha value is -0.520. The molecule has 0 radical (unpaired) electrons. The van der Waals surface area contributed by atoms with E-state index in [1.165, 1.54) is 44.9 Å². The highest BCUT2D eigenvalue weighted by molar-refractivity contribution is 5.02. The molecule has 0 N–H and O–H groups in total. The van der Waals surface area contributed by atoms with Crippen molar-refractivity contribution in [3.63, 3.8) is 0 Å². The summed E-state index contributed by atoms with van der Waals surface area (Å²) in [6, 6.07) is 0. The van der Waals surface area contributed by atoms with Crippen molar-refractivity contribution in [2.24, 2.45) is 0 Å². The Morgan fingerprint density at radius 3 is 1.89 bits per heavy atom. The van der Waals surface area contributed by atoms with Crippen LogP contribution < -0.4 is 0 Å². The van der Waals surface area contributed by atoms with E-state index in [2.05, 4.69) is 18.8 Å². The second-order valence-corrected chi connectivity index (χ2v) is 4.44. The highest BCUT2D eigenvalue weighted by Gasteiger charge is 2.00. The van der Waals surface area contributed by atoms with Gasteiger partial charge < -0.3 is 9.47 Å². The van der Waals surface area contributed by atoms with E-state index in [1.54, 1.807) is 0 Å². The van der Waals surface area contributed by atoms with E-state index in [9.17, 15) is 0 Å². The van der Waals surface area contributed by atoms with Crippen LogP contribution in [0, 0.1) is 11.8 Å². The summed E-state index contributed by atoms with van der Waals surface area (Å²) in [6.45, 7) is 7.48. The Balaban J connectivity index is 3.45. The molecule has 0 rings (SSSR count). The number of unbranched alkanes of at least 4 members (excludes halogenated alkanes) is 7. The molecule has 0 atom stereocenters. The molecule has 2 heteroatoms. The first-order chi connectivity index (χ1) is 8.85. The molecule has 0 saturated carbocycles. The van der Waals surface area contributed by atoms with Crippen molar-refractivity contribution >= 4 is 0 Å². The van der Waals surface area contributed by atoms with Crippen molar-refractivity contribution in [1.29, 1.82) is 0 Å². The summed E-state index contributed by atoms with van der Waals surface area (Å²) in [5.74, 6) is 6.20. The monoisotopic (exact) mass is 254 g/mol. The summed E-state index contributed by atoms with van der Waals surface area (Å²) in [5.41, 5.74) is 0. The molecule has 18 heavy (non-hydrogen) atoms. The summed E-state index contributed by atoms with van der Waals surface area (Å²) < 4.78 is 10.7. The lowest BCUT2D eigenvalue weighted by atomic mass is 10.1. The Morgan fingerprint density at radius 2 is 1.33 bits per heavy atom. The maximum atomic E-state index is 5.36. The van der Waals surface area contributed by atoms with Crippen molar-refractivity contribution in [2.45, 2.75) is 78.4 Å². The first-order valence-corrected chi connectivity index (χ1v) is 7.56. The third-order valence-corrected chi connectivity index (χ3v) is 2.76. The lowest BCUT2D eigenvalue weighted by molar-refractivity contribution is -0.0970. The van der Waals surface area contributed by atoms with Crippen LogP contribution in [0.25, 0.3) is 0 Å². The second kappa shape index (κ2) is 14.5. The van der Waals surface area contributed by atoms with Gasteiger partial charge in [-0.05, 0) is 26.2 Å². The maximum Gasteiger partial charge on any atom is 0.222 e. The maximum absolute atomic E-state index is 5.36. The Kier molecular flexibility index (Phi) is 14.1. The molecular weight excluding hydrogens is 224 g/mol. The summed E-state index contributed by atoms with van der Waals surface area (Å²) >= 11 is 0. The van der Waals surface area contributed by atoms with Crippen molar-refractivity contribution in [3.05, 3.63) is 0 Å². The molecule has 0 aromatic heterocycles. The standard InChI is InChI=1S/C16H30O2/c1-4-7-8-9-10-11-12-13-14-15-16(17-5-2)18-6-3/h16H,4-13H2,1-3H3. The second-order valence-electron chi connectivity index (χ2n) is 4.44. The Labute approximate surface area is 113 Å². The van der Waals surface area contributed by atoms with Gasteiger partial charge in [-0.2, -0.15) is 0 Å². The van der Waals surface area contributed by atoms with Crippen molar-refractivity contribution < 1.29 is 9.47 Å². The van der Waals surface area contributed by atoms with E-state index in [0.29, 0.717) is 13.2 Å². The first kappa shape index (κ1) is 17.5. The first-order valence-electron chi connectivity index (χ1n) is 7.56. The van der Waals surface area contributed by atoms with E-state index in [-0.39, 0.29) is 6.29 Å². The summed E-state index contributed by atoms with van der Waals surface area (Å²) in [7, 11) is 0. The molecule has 0 aromatic carbocycles. The fourth-order valence-corrected chi connectivity index (χ4v) is 1.76. The minimum absolute atomic E-state index is 0.329. The van der Waals surface area contributed by atoms with Crippen LogP contribution in [0.3, 0.4) is 0 Å². The fourth-order valence-electron chi connectivity index (χ4n) is 1.76. The lowest BCUT2D eigenvalue weighted by Gasteiger charge is -2.09. The van der Waals surface area contributed by atoms with Crippen LogP contribution in [-0.4, -0.2) is 19.5 Å². The molecule has 2 nitrogen and oxygen atoms in total. The fraction of sp³-hybridized carbons (Fsp3) is 0.875. The van der Waals surface area contributed by atoms with Gasteiger partial charge in [-0.3, -0.25) is 0 Å². The predicted octanol–water partition coefficient (Wildman–Crippen LogP) is 4.53. The largest absolute Gasteiger partial charge is 0.342 e.